The van der Waals surface area contributed by atoms with Crippen LogP contribution in [0.1, 0.15) is 15.9 Å². The van der Waals surface area contributed by atoms with Crippen molar-refractivity contribution in [3.8, 4) is 0 Å². The number of aryl methyl sites for hydroxylation is 1. The summed E-state index contributed by atoms with van der Waals surface area (Å²) in [6, 6.07) is 7.46. The Balaban J connectivity index is 0.00000162. The fraction of sp³-hybridized carbons (Fsp3) is 0.462. The Bertz CT molecular complexity index is 394. The van der Waals surface area contributed by atoms with Crippen LogP contribution in [0.2, 0.25) is 0 Å². The molecule has 2 atom stereocenters. The van der Waals surface area contributed by atoms with Crippen LogP contribution in [-0.4, -0.2) is 36.8 Å². The first-order chi connectivity index (χ1) is 8.16. The Morgan fingerprint density at radius 2 is 2.06 bits per heavy atom. The summed E-state index contributed by atoms with van der Waals surface area (Å²) < 4.78 is 0. The number of hydrogen-bond acceptors (Lipinski definition) is 3. The van der Waals surface area contributed by atoms with Gasteiger partial charge >= 0.3 is 0 Å². The Kier molecular flexibility index (Phi) is 5.59. The number of benzene rings is 1. The third-order valence-electron chi connectivity index (χ3n) is 3.14. The molecule has 1 aliphatic rings. The molecule has 0 aromatic heterocycles. The van der Waals surface area contributed by atoms with Crippen LogP contribution in [0.3, 0.4) is 0 Å². The lowest BCUT2D eigenvalue weighted by Gasteiger charge is -2.14. The number of amides is 1. The summed E-state index contributed by atoms with van der Waals surface area (Å²) in [6.07, 6.45) is -0.353. The zero-order valence-corrected chi connectivity index (χ0v) is 11.2. The van der Waals surface area contributed by atoms with Crippen LogP contribution in [0.25, 0.3) is 0 Å². The molecule has 0 aliphatic carbocycles. The molecule has 1 saturated heterocycles. The van der Waals surface area contributed by atoms with Gasteiger partial charge in [-0.15, -0.1) is 12.4 Å². The summed E-state index contributed by atoms with van der Waals surface area (Å²) in [5.41, 5.74) is 1.80. The lowest BCUT2D eigenvalue weighted by molar-refractivity contribution is 0.0927. The molecule has 3 N–H and O–H groups in total. The van der Waals surface area contributed by atoms with Gasteiger partial charge in [-0.3, -0.25) is 4.79 Å². The molecule has 1 aromatic rings. The molecule has 1 amide bonds. The number of carbonyl (C=O) groups excluding carboxylic acids is 1. The molecule has 100 valence electrons. The standard InChI is InChI=1S/C13H18N2O2.ClH/c1-9-2-4-10(5-3-9)13(17)15-7-11-6-14-8-12(11)16;/h2-5,11-12,14,16H,6-8H2,1H3,(H,15,17);1H. The number of nitrogens with one attached hydrogen (secondary N) is 2. The molecule has 1 aromatic carbocycles. The van der Waals surface area contributed by atoms with Gasteiger partial charge in [-0.25, -0.2) is 0 Å². The molecule has 2 rings (SSSR count). The van der Waals surface area contributed by atoms with E-state index in [1.165, 1.54) is 0 Å². The molecule has 18 heavy (non-hydrogen) atoms. The predicted molar refractivity (Wildman–Crippen MR) is 73.1 cm³/mol. The van der Waals surface area contributed by atoms with E-state index in [0.29, 0.717) is 18.7 Å². The van der Waals surface area contributed by atoms with E-state index in [1.54, 1.807) is 0 Å². The second kappa shape index (κ2) is 6.73. The van der Waals surface area contributed by atoms with E-state index in [2.05, 4.69) is 10.6 Å². The van der Waals surface area contributed by atoms with E-state index in [4.69, 9.17) is 0 Å². The van der Waals surface area contributed by atoms with Crippen molar-refractivity contribution in [1.82, 2.24) is 10.6 Å². The fourth-order valence-electron chi connectivity index (χ4n) is 1.96. The van der Waals surface area contributed by atoms with Gasteiger partial charge in [-0.1, -0.05) is 17.7 Å². The van der Waals surface area contributed by atoms with Gasteiger partial charge in [0.15, 0.2) is 0 Å². The first kappa shape index (κ1) is 15.0. The molecule has 5 heteroatoms. The Hall–Kier alpha value is -1.10. The molecule has 0 spiro atoms. The van der Waals surface area contributed by atoms with Gasteiger partial charge in [0.1, 0.15) is 0 Å². The van der Waals surface area contributed by atoms with Crippen LogP contribution in [0.5, 0.6) is 0 Å². The first-order valence-corrected chi connectivity index (χ1v) is 5.90. The summed E-state index contributed by atoms with van der Waals surface area (Å²) in [5.74, 6) is 0.0356. The Labute approximate surface area is 113 Å². The molecule has 1 aliphatic heterocycles. The molecule has 0 saturated carbocycles. The molecular weight excluding hydrogens is 252 g/mol. The van der Waals surface area contributed by atoms with Crippen molar-refractivity contribution < 1.29 is 9.90 Å². The number of aliphatic hydroxyl groups excluding tert-OH is 1. The van der Waals surface area contributed by atoms with Crippen LogP contribution in [-0.2, 0) is 0 Å². The highest BCUT2D eigenvalue weighted by atomic mass is 35.5. The normalized spacial score (nSPS) is 22.3. The highest BCUT2D eigenvalue weighted by Crippen LogP contribution is 2.08. The quantitative estimate of drug-likeness (QED) is 0.759. The molecule has 4 nitrogen and oxygen atoms in total. The number of halogens is 1. The van der Waals surface area contributed by atoms with Gasteiger partial charge in [0.05, 0.1) is 6.10 Å². The summed E-state index contributed by atoms with van der Waals surface area (Å²) in [7, 11) is 0. The van der Waals surface area contributed by atoms with Gasteiger partial charge in [0.2, 0.25) is 0 Å². The maximum absolute atomic E-state index is 11.8. The zero-order chi connectivity index (χ0) is 12.3. The minimum Gasteiger partial charge on any atom is -0.391 e. The summed E-state index contributed by atoms with van der Waals surface area (Å²) in [5, 5.41) is 15.5. The Morgan fingerprint density at radius 3 is 2.61 bits per heavy atom. The molecule has 0 bridgehead atoms. The minimum absolute atomic E-state index is 0. The number of hydrogen-bond donors (Lipinski definition) is 3. The smallest absolute Gasteiger partial charge is 0.251 e. The summed E-state index contributed by atoms with van der Waals surface area (Å²) in [4.78, 5) is 11.8. The zero-order valence-electron chi connectivity index (χ0n) is 10.3. The summed E-state index contributed by atoms with van der Waals surface area (Å²) >= 11 is 0. The first-order valence-electron chi connectivity index (χ1n) is 5.90. The molecular formula is C13H19ClN2O2. The van der Waals surface area contributed by atoms with Crippen LogP contribution >= 0.6 is 12.4 Å². The number of β-amino-alcohol motifs (C(OH)–C–C–N with tert-alkyl or cyclic N) is 1. The largest absolute Gasteiger partial charge is 0.391 e. The van der Waals surface area contributed by atoms with E-state index in [9.17, 15) is 9.90 Å². The second-order valence-corrected chi connectivity index (χ2v) is 4.56. The van der Waals surface area contributed by atoms with Crippen molar-refractivity contribution in [2.24, 2.45) is 5.92 Å². The lowest BCUT2D eigenvalue weighted by Crippen LogP contribution is -2.34. The molecule has 0 radical (unpaired) electrons. The van der Waals surface area contributed by atoms with Crippen LogP contribution in [0.4, 0.5) is 0 Å². The van der Waals surface area contributed by atoms with Crippen molar-refractivity contribution >= 4 is 18.3 Å². The van der Waals surface area contributed by atoms with Crippen LogP contribution < -0.4 is 10.6 Å². The number of rotatable bonds is 3. The van der Waals surface area contributed by atoms with Gasteiger partial charge in [-0.05, 0) is 19.1 Å². The van der Waals surface area contributed by atoms with Gasteiger partial charge < -0.3 is 15.7 Å². The van der Waals surface area contributed by atoms with Gasteiger partial charge in [0, 0.05) is 31.1 Å². The minimum atomic E-state index is -0.353. The van der Waals surface area contributed by atoms with Gasteiger partial charge in [0.25, 0.3) is 5.91 Å². The Morgan fingerprint density at radius 1 is 1.39 bits per heavy atom. The van der Waals surface area contributed by atoms with Crippen molar-refractivity contribution in [3.63, 3.8) is 0 Å². The van der Waals surface area contributed by atoms with E-state index in [1.807, 2.05) is 31.2 Å². The number of carbonyl (C=O) groups is 1. The maximum atomic E-state index is 11.8. The maximum Gasteiger partial charge on any atom is 0.251 e. The predicted octanol–water partition coefficient (Wildman–Crippen LogP) is 0.727. The average Bonchev–Trinajstić information content (AvgIpc) is 2.73. The van der Waals surface area contributed by atoms with Crippen molar-refractivity contribution in [3.05, 3.63) is 35.4 Å². The van der Waals surface area contributed by atoms with Crippen LogP contribution in [0, 0.1) is 12.8 Å². The van der Waals surface area contributed by atoms with Crippen molar-refractivity contribution in [1.29, 1.82) is 0 Å². The second-order valence-electron chi connectivity index (χ2n) is 4.56. The third-order valence-corrected chi connectivity index (χ3v) is 3.14. The molecule has 1 fully saturated rings. The number of aliphatic hydroxyl groups is 1. The highest BCUT2D eigenvalue weighted by molar-refractivity contribution is 5.94. The van der Waals surface area contributed by atoms with E-state index < -0.39 is 0 Å². The summed E-state index contributed by atoms with van der Waals surface area (Å²) in [6.45, 7) is 3.88. The molecule has 2 unspecified atom stereocenters. The van der Waals surface area contributed by atoms with Crippen molar-refractivity contribution in [2.75, 3.05) is 19.6 Å². The van der Waals surface area contributed by atoms with Crippen LogP contribution in [0.15, 0.2) is 24.3 Å². The topological polar surface area (TPSA) is 61.4 Å². The monoisotopic (exact) mass is 270 g/mol. The van der Waals surface area contributed by atoms with E-state index >= 15 is 0 Å². The average molecular weight is 271 g/mol. The van der Waals surface area contributed by atoms with E-state index in [0.717, 1.165) is 12.1 Å². The SMILES string of the molecule is Cc1ccc(C(=O)NCC2CNCC2O)cc1.Cl. The van der Waals surface area contributed by atoms with Gasteiger partial charge in [-0.2, -0.15) is 0 Å². The lowest BCUT2D eigenvalue weighted by atomic mass is 10.1. The van der Waals surface area contributed by atoms with Crippen molar-refractivity contribution in [2.45, 2.75) is 13.0 Å². The fourth-order valence-corrected chi connectivity index (χ4v) is 1.96. The third kappa shape index (κ3) is 3.70. The molecule has 1 heterocycles. The highest BCUT2D eigenvalue weighted by Gasteiger charge is 2.25. The van der Waals surface area contributed by atoms with E-state index in [-0.39, 0.29) is 30.3 Å².